The van der Waals surface area contributed by atoms with Crippen molar-refractivity contribution in [2.45, 2.75) is 31.5 Å². The highest BCUT2D eigenvalue weighted by atomic mass is 19.4. The molecule has 2 heterocycles. The minimum Gasteiger partial charge on any atom is -0.327 e. The average Bonchev–Trinajstić information content (AvgIpc) is 2.41. The molecule has 5 nitrogen and oxygen atoms in total. The second-order valence-corrected chi connectivity index (χ2v) is 4.62. The van der Waals surface area contributed by atoms with Crippen LogP contribution in [0.3, 0.4) is 0 Å². The number of H-pyrrole nitrogens is 1. The number of piperidine rings is 1. The fraction of sp³-hybridized carbons (Fsp3) is 0.500. The number of nitrogens with one attached hydrogen (secondary N) is 3. The average molecular weight is 289 g/mol. The van der Waals surface area contributed by atoms with E-state index in [0.717, 1.165) is 12.8 Å². The first kappa shape index (κ1) is 14.6. The highest BCUT2D eigenvalue weighted by Gasteiger charge is 2.32. The summed E-state index contributed by atoms with van der Waals surface area (Å²) in [6.07, 6.45) is -1.58. The summed E-state index contributed by atoms with van der Waals surface area (Å²) in [6.45, 7) is 0.678. The van der Waals surface area contributed by atoms with Gasteiger partial charge in [-0.15, -0.1) is 0 Å². The third-order valence-electron chi connectivity index (χ3n) is 3.12. The van der Waals surface area contributed by atoms with Gasteiger partial charge >= 0.3 is 6.18 Å². The van der Waals surface area contributed by atoms with E-state index in [1.807, 2.05) is 4.98 Å². The number of amides is 1. The molecular formula is C12H14F3N3O2. The lowest BCUT2D eigenvalue weighted by molar-refractivity contribution is -0.137. The van der Waals surface area contributed by atoms with Crippen LogP contribution in [0.25, 0.3) is 0 Å². The van der Waals surface area contributed by atoms with Gasteiger partial charge in [-0.2, -0.15) is 13.2 Å². The first-order valence-electron chi connectivity index (χ1n) is 6.22. The van der Waals surface area contributed by atoms with Crippen molar-refractivity contribution < 1.29 is 18.0 Å². The van der Waals surface area contributed by atoms with Gasteiger partial charge in [0, 0.05) is 6.20 Å². The third kappa shape index (κ3) is 3.38. The molecule has 0 radical (unpaired) electrons. The van der Waals surface area contributed by atoms with E-state index in [9.17, 15) is 22.8 Å². The molecule has 1 atom stereocenters. The largest absolute Gasteiger partial charge is 0.417 e. The number of aromatic amines is 1. The Morgan fingerprint density at radius 2 is 2.10 bits per heavy atom. The van der Waals surface area contributed by atoms with Crippen molar-refractivity contribution in [3.05, 3.63) is 28.2 Å². The van der Waals surface area contributed by atoms with E-state index in [2.05, 4.69) is 10.6 Å². The van der Waals surface area contributed by atoms with Crippen LogP contribution in [0.5, 0.6) is 0 Å². The van der Waals surface area contributed by atoms with Gasteiger partial charge in [-0.3, -0.25) is 9.59 Å². The molecular weight excluding hydrogens is 275 g/mol. The number of pyridine rings is 1. The van der Waals surface area contributed by atoms with Gasteiger partial charge in [0.2, 0.25) is 5.91 Å². The summed E-state index contributed by atoms with van der Waals surface area (Å²) in [5.74, 6) is -0.491. The Morgan fingerprint density at radius 3 is 2.70 bits per heavy atom. The van der Waals surface area contributed by atoms with Gasteiger partial charge in [-0.05, 0) is 25.5 Å². The normalized spacial score (nSPS) is 19.6. The molecule has 1 fully saturated rings. The van der Waals surface area contributed by atoms with Crippen LogP contribution < -0.4 is 16.2 Å². The summed E-state index contributed by atoms with van der Waals surface area (Å²) in [6, 6.07) is 0.164. The topological polar surface area (TPSA) is 74.0 Å². The molecule has 2 rings (SSSR count). The molecule has 1 aromatic rings. The standard InChI is InChI=1S/C12H14F3N3O2/c13-12(14,15)7-5-9(10(19)17-6-7)18-11(20)8-3-1-2-4-16-8/h5-6,8,16H,1-4H2,(H,17,19)(H,18,20)/t8-/m1/s1. The van der Waals surface area contributed by atoms with Crippen LogP contribution >= 0.6 is 0 Å². The summed E-state index contributed by atoms with van der Waals surface area (Å²) in [5, 5.41) is 5.20. The van der Waals surface area contributed by atoms with Crippen LogP contribution in [0.1, 0.15) is 24.8 Å². The zero-order valence-electron chi connectivity index (χ0n) is 10.5. The lowest BCUT2D eigenvalue weighted by Crippen LogP contribution is -2.44. The number of hydrogen-bond donors (Lipinski definition) is 3. The zero-order chi connectivity index (χ0) is 14.8. The molecule has 20 heavy (non-hydrogen) atoms. The predicted octanol–water partition coefficient (Wildman–Crippen LogP) is 1.47. The Balaban J connectivity index is 2.16. The second-order valence-electron chi connectivity index (χ2n) is 4.62. The van der Waals surface area contributed by atoms with Gasteiger partial charge in [0.1, 0.15) is 5.69 Å². The quantitative estimate of drug-likeness (QED) is 0.772. The van der Waals surface area contributed by atoms with Gasteiger partial charge in [0.25, 0.3) is 5.56 Å². The Kier molecular flexibility index (Phi) is 4.12. The van der Waals surface area contributed by atoms with E-state index in [1.54, 1.807) is 0 Å². The summed E-state index contributed by atoms with van der Waals surface area (Å²) >= 11 is 0. The molecule has 110 valence electrons. The van der Waals surface area contributed by atoms with Crippen LogP contribution in [-0.2, 0) is 11.0 Å². The molecule has 1 amide bonds. The smallest absolute Gasteiger partial charge is 0.327 e. The maximum Gasteiger partial charge on any atom is 0.417 e. The molecule has 0 aromatic carbocycles. The van der Waals surface area contributed by atoms with E-state index >= 15 is 0 Å². The van der Waals surface area contributed by atoms with Crippen molar-refractivity contribution in [1.29, 1.82) is 0 Å². The highest BCUT2D eigenvalue weighted by molar-refractivity contribution is 5.94. The third-order valence-corrected chi connectivity index (χ3v) is 3.12. The van der Waals surface area contributed by atoms with Crippen molar-refractivity contribution >= 4 is 11.6 Å². The van der Waals surface area contributed by atoms with Crippen molar-refractivity contribution in [1.82, 2.24) is 10.3 Å². The van der Waals surface area contributed by atoms with Gasteiger partial charge in [-0.1, -0.05) is 6.42 Å². The lowest BCUT2D eigenvalue weighted by Gasteiger charge is -2.22. The van der Waals surface area contributed by atoms with Crippen LogP contribution in [0, 0.1) is 0 Å². The first-order chi connectivity index (χ1) is 9.38. The number of carbonyl (C=O) groups is 1. The molecule has 1 aromatic heterocycles. The summed E-state index contributed by atoms with van der Waals surface area (Å²) < 4.78 is 37.6. The van der Waals surface area contributed by atoms with Gasteiger partial charge in [0.15, 0.2) is 0 Å². The van der Waals surface area contributed by atoms with Crippen LogP contribution in [-0.4, -0.2) is 23.5 Å². The van der Waals surface area contributed by atoms with Crippen molar-refractivity contribution in [3.63, 3.8) is 0 Å². The fourth-order valence-electron chi connectivity index (χ4n) is 2.04. The van der Waals surface area contributed by atoms with Crippen LogP contribution in [0.2, 0.25) is 0 Å². The summed E-state index contributed by atoms with van der Waals surface area (Å²) in [4.78, 5) is 25.3. The van der Waals surface area contributed by atoms with Crippen molar-refractivity contribution in [3.8, 4) is 0 Å². The van der Waals surface area contributed by atoms with E-state index in [0.29, 0.717) is 25.2 Å². The maximum atomic E-state index is 12.5. The lowest BCUT2D eigenvalue weighted by atomic mass is 10.0. The SMILES string of the molecule is O=C(Nc1cc(C(F)(F)F)c[nH]c1=O)[C@H]1CCCCN1. The molecule has 0 spiro atoms. The number of aromatic nitrogens is 1. The molecule has 1 aliphatic rings. The molecule has 3 N–H and O–H groups in total. The zero-order valence-corrected chi connectivity index (χ0v) is 10.5. The molecule has 1 saturated heterocycles. The second kappa shape index (κ2) is 5.66. The van der Waals surface area contributed by atoms with E-state index in [1.165, 1.54) is 0 Å². The minimum absolute atomic E-state index is 0.391. The number of alkyl halides is 3. The van der Waals surface area contributed by atoms with Crippen LogP contribution in [0.4, 0.5) is 18.9 Å². The number of anilines is 1. The first-order valence-corrected chi connectivity index (χ1v) is 6.22. The Morgan fingerprint density at radius 1 is 1.35 bits per heavy atom. The van der Waals surface area contributed by atoms with Crippen molar-refractivity contribution in [2.75, 3.05) is 11.9 Å². The van der Waals surface area contributed by atoms with Gasteiger partial charge in [0.05, 0.1) is 11.6 Å². The molecule has 0 saturated carbocycles. The Hall–Kier alpha value is -1.83. The van der Waals surface area contributed by atoms with E-state index in [-0.39, 0.29) is 0 Å². The molecule has 8 heteroatoms. The van der Waals surface area contributed by atoms with E-state index < -0.39 is 34.9 Å². The maximum absolute atomic E-state index is 12.5. The number of halogens is 3. The van der Waals surface area contributed by atoms with Crippen molar-refractivity contribution in [2.24, 2.45) is 0 Å². The Labute approximate surface area is 112 Å². The highest BCUT2D eigenvalue weighted by Crippen LogP contribution is 2.29. The molecule has 0 aliphatic carbocycles. The summed E-state index contributed by atoms with van der Waals surface area (Å²) in [7, 11) is 0. The number of rotatable bonds is 2. The van der Waals surface area contributed by atoms with Crippen LogP contribution in [0.15, 0.2) is 17.1 Å². The predicted molar refractivity (Wildman–Crippen MR) is 66.3 cm³/mol. The molecule has 0 unspecified atom stereocenters. The number of hydrogen-bond acceptors (Lipinski definition) is 3. The minimum atomic E-state index is -4.58. The molecule has 0 bridgehead atoms. The van der Waals surface area contributed by atoms with E-state index in [4.69, 9.17) is 0 Å². The van der Waals surface area contributed by atoms with Gasteiger partial charge < -0.3 is 15.6 Å². The molecule has 1 aliphatic heterocycles. The van der Waals surface area contributed by atoms with Gasteiger partial charge in [-0.25, -0.2) is 0 Å². The number of carbonyl (C=O) groups excluding carboxylic acids is 1. The summed E-state index contributed by atoms with van der Waals surface area (Å²) in [5.41, 5.74) is -2.16. The Bertz CT molecular complexity index is 548. The monoisotopic (exact) mass is 289 g/mol. The fourth-order valence-corrected chi connectivity index (χ4v) is 2.04.